The van der Waals surface area contributed by atoms with E-state index in [1.54, 1.807) is 10.7 Å². The molecule has 2 aromatic rings. The second-order valence-corrected chi connectivity index (χ2v) is 2.90. The van der Waals surface area contributed by atoms with Crippen molar-refractivity contribution in [3.63, 3.8) is 0 Å². The Labute approximate surface area is 79.7 Å². The monoisotopic (exact) mass is 191 g/mol. The van der Waals surface area contributed by atoms with Gasteiger partial charge in [-0.15, -0.1) is 10.2 Å². The van der Waals surface area contributed by atoms with Gasteiger partial charge < -0.3 is 10.9 Å². The van der Waals surface area contributed by atoms with Gasteiger partial charge in [-0.1, -0.05) is 5.16 Å². The summed E-state index contributed by atoms with van der Waals surface area (Å²) >= 11 is 0. The SMILES string of the molecule is N/C(Cc1ccn2cnnc2c1)=N\O. The summed E-state index contributed by atoms with van der Waals surface area (Å²) in [6.07, 6.45) is 3.85. The van der Waals surface area contributed by atoms with Crippen LogP contribution < -0.4 is 5.73 Å². The second-order valence-electron chi connectivity index (χ2n) is 2.90. The van der Waals surface area contributed by atoms with E-state index in [0.29, 0.717) is 6.42 Å². The fourth-order valence-corrected chi connectivity index (χ4v) is 1.21. The van der Waals surface area contributed by atoms with Crippen molar-refractivity contribution < 1.29 is 5.21 Å². The van der Waals surface area contributed by atoms with Crippen molar-refractivity contribution in [3.05, 3.63) is 30.2 Å². The van der Waals surface area contributed by atoms with Gasteiger partial charge in [0.1, 0.15) is 12.2 Å². The van der Waals surface area contributed by atoms with Crippen molar-refractivity contribution in [2.75, 3.05) is 0 Å². The van der Waals surface area contributed by atoms with E-state index in [1.807, 2.05) is 18.3 Å². The molecule has 0 bridgehead atoms. The molecule has 0 aliphatic rings. The van der Waals surface area contributed by atoms with Crippen LogP contribution in [0.25, 0.3) is 5.65 Å². The third-order valence-electron chi connectivity index (χ3n) is 1.88. The third kappa shape index (κ3) is 1.49. The molecular formula is C8H9N5O. The van der Waals surface area contributed by atoms with Crippen LogP contribution in [0.1, 0.15) is 5.56 Å². The number of hydrogen-bond acceptors (Lipinski definition) is 4. The lowest BCUT2D eigenvalue weighted by Crippen LogP contribution is -2.14. The Hall–Kier alpha value is -2.11. The number of nitrogens with zero attached hydrogens (tertiary/aromatic N) is 4. The van der Waals surface area contributed by atoms with Gasteiger partial charge in [-0.3, -0.25) is 4.40 Å². The van der Waals surface area contributed by atoms with Gasteiger partial charge in [-0.25, -0.2) is 0 Å². The Balaban J connectivity index is 2.34. The van der Waals surface area contributed by atoms with E-state index in [9.17, 15) is 0 Å². The van der Waals surface area contributed by atoms with Gasteiger partial charge in [-0.05, 0) is 17.7 Å². The van der Waals surface area contributed by atoms with Gasteiger partial charge in [0.25, 0.3) is 0 Å². The van der Waals surface area contributed by atoms with Gasteiger partial charge in [0, 0.05) is 12.6 Å². The minimum atomic E-state index is 0.175. The molecule has 2 rings (SSSR count). The molecule has 3 N–H and O–H groups in total. The van der Waals surface area contributed by atoms with Gasteiger partial charge in [0.05, 0.1) is 0 Å². The first kappa shape index (κ1) is 8.49. The van der Waals surface area contributed by atoms with Crippen LogP contribution in [-0.4, -0.2) is 25.6 Å². The van der Waals surface area contributed by atoms with Gasteiger partial charge >= 0.3 is 0 Å². The van der Waals surface area contributed by atoms with Crippen LogP contribution in [0.15, 0.2) is 29.8 Å². The van der Waals surface area contributed by atoms with Crippen molar-refractivity contribution in [3.8, 4) is 0 Å². The number of hydrogen-bond donors (Lipinski definition) is 2. The number of fused-ring (bicyclic) bond motifs is 1. The summed E-state index contributed by atoms with van der Waals surface area (Å²) in [7, 11) is 0. The second kappa shape index (κ2) is 3.33. The number of nitrogens with two attached hydrogens (primary N) is 1. The van der Waals surface area contributed by atoms with Gasteiger partial charge in [0.2, 0.25) is 0 Å². The maximum atomic E-state index is 8.40. The van der Waals surface area contributed by atoms with Crippen LogP contribution in [0, 0.1) is 0 Å². The predicted molar refractivity (Wildman–Crippen MR) is 50.1 cm³/mol. The zero-order chi connectivity index (χ0) is 9.97. The van der Waals surface area contributed by atoms with Crippen LogP contribution in [0.5, 0.6) is 0 Å². The van der Waals surface area contributed by atoms with Crippen LogP contribution >= 0.6 is 0 Å². The quantitative estimate of drug-likeness (QED) is 0.303. The van der Waals surface area contributed by atoms with E-state index < -0.39 is 0 Å². The van der Waals surface area contributed by atoms with E-state index in [0.717, 1.165) is 11.2 Å². The summed E-state index contributed by atoms with van der Waals surface area (Å²) in [6, 6.07) is 3.71. The molecule has 0 saturated carbocycles. The van der Waals surface area contributed by atoms with E-state index >= 15 is 0 Å². The standard InChI is InChI=1S/C8H9N5O/c9-7(12-14)3-6-1-2-13-5-10-11-8(13)4-6/h1-2,4-5,14H,3H2,(H2,9,12). The average Bonchev–Trinajstić information content (AvgIpc) is 2.64. The summed E-state index contributed by atoms with van der Waals surface area (Å²) in [4.78, 5) is 0. The highest BCUT2D eigenvalue weighted by Crippen LogP contribution is 2.04. The molecule has 0 saturated heterocycles. The molecule has 2 heterocycles. The molecule has 0 atom stereocenters. The lowest BCUT2D eigenvalue weighted by molar-refractivity contribution is 0.317. The molecule has 6 heteroatoms. The van der Waals surface area contributed by atoms with E-state index in [4.69, 9.17) is 10.9 Å². The summed E-state index contributed by atoms with van der Waals surface area (Å²) in [6.45, 7) is 0. The number of amidine groups is 1. The van der Waals surface area contributed by atoms with Crippen LogP contribution in [0.4, 0.5) is 0 Å². The highest BCUT2D eigenvalue weighted by molar-refractivity contribution is 5.82. The van der Waals surface area contributed by atoms with Gasteiger partial charge in [-0.2, -0.15) is 0 Å². The maximum Gasteiger partial charge on any atom is 0.160 e. The minimum absolute atomic E-state index is 0.175. The van der Waals surface area contributed by atoms with Crippen molar-refractivity contribution in [2.24, 2.45) is 10.9 Å². The highest BCUT2D eigenvalue weighted by atomic mass is 16.4. The Bertz CT molecular complexity index is 475. The number of aromatic nitrogens is 3. The van der Waals surface area contributed by atoms with Crippen LogP contribution in [0.3, 0.4) is 0 Å². The van der Waals surface area contributed by atoms with Crippen molar-refractivity contribution in [1.29, 1.82) is 0 Å². The average molecular weight is 191 g/mol. The first-order valence-corrected chi connectivity index (χ1v) is 4.04. The summed E-state index contributed by atoms with van der Waals surface area (Å²) in [5.41, 5.74) is 7.06. The van der Waals surface area contributed by atoms with E-state index in [-0.39, 0.29) is 5.84 Å². The molecule has 0 aliphatic carbocycles. The van der Waals surface area contributed by atoms with Crippen molar-refractivity contribution >= 4 is 11.5 Å². The molecule has 2 aromatic heterocycles. The Kier molecular flexibility index (Phi) is 2.02. The lowest BCUT2D eigenvalue weighted by atomic mass is 10.2. The molecule has 0 aromatic carbocycles. The molecule has 0 unspecified atom stereocenters. The predicted octanol–water partition coefficient (Wildman–Crippen LogP) is 0.0182. The summed E-state index contributed by atoms with van der Waals surface area (Å²) in [5, 5.41) is 18.9. The number of oxime groups is 1. The van der Waals surface area contributed by atoms with E-state index in [2.05, 4.69) is 15.4 Å². The lowest BCUT2D eigenvalue weighted by Gasteiger charge is -1.99. The van der Waals surface area contributed by atoms with Crippen molar-refractivity contribution in [2.45, 2.75) is 6.42 Å². The maximum absolute atomic E-state index is 8.40. The molecule has 0 spiro atoms. The minimum Gasteiger partial charge on any atom is -0.409 e. The summed E-state index contributed by atoms with van der Waals surface area (Å²) in [5.74, 6) is 0.175. The Morgan fingerprint density at radius 2 is 2.50 bits per heavy atom. The molecule has 6 nitrogen and oxygen atoms in total. The molecule has 72 valence electrons. The third-order valence-corrected chi connectivity index (χ3v) is 1.88. The van der Waals surface area contributed by atoms with Crippen molar-refractivity contribution in [1.82, 2.24) is 14.6 Å². The molecule has 0 amide bonds. The fraction of sp³-hybridized carbons (Fsp3) is 0.125. The molecular weight excluding hydrogens is 182 g/mol. The topological polar surface area (TPSA) is 88.8 Å². The smallest absolute Gasteiger partial charge is 0.160 e. The van der Waals surface area contributed by atoms with E-state index in [1.165, 1.54) is 0 Å². The number of pyridine rings is 1. The summed E-state index contributed by atoms with van der Waals surface area (Å²) < 4.78 is 1.79. The van der Waals surface area contributed by atoms with Crippen LogP contribution in [0.2, 0.25) is 0 Å². The van der Waals surface area contributed by atoms with Gasteiger partial charge in [0.15, 0.2) is 5.65 Å². The number of rotatable bonds is 2. The molecule has 0 fully saturated rings. The fourth-order valence-electron chi connectivity index (χ4n) is 1.21. The Morgan fingerprint density at radius 1 is 1.64 bits per heavy atom. The normalized spacial score (nSPS) is 12.1. The first-order chi connectivity index (χ1) is 6.79. The molecule has 0 aliphatic heterocycles. The zero-order valence-electron chi connectivity index (χ0n) is 7.33. The zero-order valence-corrected chi connectivity index (χ0v) is 7.33. The van der Waals surface area contributed by atoms with Crippen LogP contribution in [-0.2, 0) is 6.42 Å². The largest absolute Gasteiger partial charge is 0.409 e. The first-order valence-electron chi connectivity index (χ1n) is 4.04. The molecule has 14 heavy (non-hydrogen) atoms. The Morgan fingerprint density at radius 3 is 3.29 bits per heavy atom. The molecule has 0 radical (unpaired) electrons. The highest BCUT2D eigenvalue weighted by Gasteiger charge is 2.00.